The summed E-state index contributed by atoms with van der Waals surface area (Å²) in [6, 6.07) is 15.2. The molecule has 7 heteroatoms. The van der Waals surface area contributed by atoms with E-state index in [4.69, 9.17) is 13.6 Å². The van der Waals surface area contributed by atoms with E-state index >= 15 is 0 Å². The van der Waals surface area contributed by atoms with E-state index in [0.29, 0.717) is 36.2 Å². The molecular weight excluding hydrogens is 376 g/mol. The summed E-state index contributed by atoms with van der Waals surface area (Å²) in [6.07, 6.45) is 3.21. The van der Waals surface area contributed by atoms with Crippen molar-refractivity contribution in [3.63, 3.8) is 0 Å². The van der Waals surface area contributed by atoms with Crippen LogP contribution >= 0.6 is 11.3 Å². The fourth-order valence-corrected chi connectivity index (χ4v) is 3.42. The van der Waals surface area contributed by atoms with Crippen molar-refractivity contribution < 1.29 is 18.4 Å². The van der Waals surface area contributed by atoms with Crippen LogP contribution in [0.4, 0.5) is 0 Å². The van der Waals surface area contributed by atoms with E-state index in [1.807, 2.05) is 42.5 Å². The molecule has 0 aliphatic rings. The van der Waals surface area contributed by atoms with Crippen molar-refractivity contribution in [2.24, 2.45) is 0 Å². The van der Waals surface area contributed by atoms with Crippen molar-refractivity contribution in [3.8, 4) is 10.8 Å². The van der Waals surface area contributed by atoms with Crippen molar-refractivity contribution in [3.05, 3.63) is 89.0 Å². The first-order chi connectivity index (χ1) is 13.8. The van der Waals surface area contributed by atoms with Crippen LogP contribution in [0.5, 0.6) is 0 Å². The molecule has 0 bridgehead atoms. The van der Waals surface area contributed by atoms with Crippen LogP contribution in [-0.4, -0.2) is 10.9 Å². The smallest absolute Gasteiger partial charge is 0.271 e. The molecule has 142 valence electrons. The highest BCUT2D eigenvalue weighted by Gasteiger charge is 2.13. The Morgan fingerprint density at radius 2 is 1.89 bits per heavy atom. The number of thiazole rings is 1. The highest BCUT2D eigenvalue weighted by molar-refractivity contribution is 7.13. The molecule has 4 aromatic rings. The van der Waals surface area contributed by atoms with E-state index in [0.717, 1.165) is 16.9 Å². The molecule has 6 nitrogen and oxygen atoms in total. The van der Waals surface area contributed by atoms with Crippen molar-refractivity contribution in [2.75, 3.05) is 0 Å². The van der Waals surface area contributed by atoms with Gasteiger partial charge in [0.15, 0.2) is 10.8 Å². The number of carbonyl (C=O) groups is 1. The largest absolute Gasteiger partial charge is 0.467 e. The predicted molar refractivity (Wildman–Crippen MR) is 105 cm³/mol. The lowest BCUT2D eigenvalue weighted by molar-refractivity contribution is 0.0928. The summed E-state index contributed by atoms with van der Waals surface area (Å²) in [5, 5.41) is 5.31. The van der Waals surface area contributed by atoms with Gasteiger partial charge < -0.3 is 18.9 Å². The molecule has 0 atom stereocenters. The van der Waals surface area contributed by atoms with Crippen LogP contribution in [0.2, 0.25) is 0 Å². The van der Waals surface area contributed by atoms with Crippen LogP contribution in [0, 0.1) is 0 Å². The minimum absolute atomic E-state index is 0.214. The van der Waals surface area contributed by atoms with Gasteiger partial charge in [-0.15, -0.1) is 11.3 Å². The van der Waals surface area contributed by atoms with Gasteiger partial charge in [-0.05, 0) is 35.4 Å². The van der Waals surface area contributed by atoms with E-state index in [-0.39, 0.29) is 5.91 Å². The molecule has 0 radical (unpaired) electrons. The van der Waals surface area contributed by atoms with Gasteiger partial charge in [0.25, 0.3) is 5.91 Å². The van der Waals surface area contributed by atoms with Gasteiger partial charge in [0.2, 0.25) is 0 Å². The first kappa shape index (κ1) is 18.2. The Morgan fingerprint density at radius 3 is 2.71 bits per heavy atom. The van der Waals surface area contributed by atoms with Gasteiger partial charge >= 0.3 is 0 Å². The molecule has 1 N–H and O–H groups in total. The van der Waals surface area contributed by atoms with Crippen LogP contribution in [0.15, 0.2) is 75.3 Å². The Kier molecular flexibility index (Phi) is 5.65. The van der Waals surface area contributed by atoms with Gasteiger partial charge in [-0.2, -0.15) is 0 Å². The molecule has 0 saturated heterocycles. The first-order valence-corrected chi connectivity index (χ1v) is 9.61. The molecule has 0 aliphatic heterocycles. The minimum Gasteiger partial charge on any atom is -0.467 e. The van der Waals surface area contributed by atoms with Crippen LogP contribution in [0.3, 0.4) is 0 Å². The van der Waals surface area contributed by atoms with Gasteiger partial charge in [-0.1, -0.05) is 24.3 Å². The number of nitrogens with zero attached hydrogens (tertiary/aromatic N) is 1. The molecule has 1 aromatic carbocycles. The van der Waals surface area contributed by atoms with Crippen LogP contribution in [-0.2, 0) is 24.5 Å². The Hall–Kier alpha value is -3.16. The molecule has 3 heterocycles. The molecule has 4 rings (SSSR count). The normalized spacial score (nSPS) is 10.9. The van der Waals surface area contributed by atoms with E-state index in [9.17, 15) is 4.79 Å². The monoisotopic (exact) mass is 394 g/mol. The fraction of sp³-hybridized carbons (Fsp3) is 0.143. The lowest BCUT2D eigenvalue weighted by atomic mass is 10.1. The zero-order valence-electron chi connectivity index (χ0n) is 15.0. The van der Waals surface area contributed by atoms with Crippen molar-refractivity contribution in [1.29, 1.82) is 0 Å². The number of carbonyl (C=O) groups excluding carboxylic acids is 1. The van der Waals surface area contributed by atoms with Gasteiger partial charge in [-0.25, -0.2) is 4.98 Å². The Morgan fingerprint density at radius 1 is 1.04 bits per heavy atom. The second kappa shape index (κ2) is 8.69. The summed E-state index contributed by atoms with van der Waals surface area (Å²) in [5.41, 5.74) is 2.41. The second-order valence-electron chi connectivity index (χ2n) is 6.09. The van der Waals surface area contributed by atoms with Gasteiger partial charge in [0.05, 0.1) is 19.1 Å². The van der Waals surface area contributed by atoms with Gasteiger partial charge in [0.1, 0.15) is 18.1 Å². The average Bonchev–Trinajstić information content (AvgIpc) is 3.48. The maximum absolute atomic E-state index is 12.4. The topological polar surface area (TPSA) is 77.5 Å². The number of nitrogens with one attached hydrogen (secondary N) is 1. The lowest BCUT2D eigenvalue weighted by Crippen LogP contribution is -2.23. The molecule has 1 amide bonds. The Balaban J connectivity index is 1.30. The number of rotatable bonds is 8. The van der Waals surface area contributed by atoms with Gasteiger partial charge in [0, 0.05) is 11.9 Å². The highest BCUT2D eigenvalue weighted by atomic mass is 32.1. The summed E-state index contributed by atoms with van der Waals surface area (Å²) < 4.78 is 16.2. The van der Waals surface area contributed by atoms with Crippen molar-refractivity contribution in [2.45, 2.75) is 19.8 Å². The van der Waals surface area contributed by atoms with Crippen LogP contribution < -0.4 is 5.32 Å². The zero-order chi connectivity index (χ0) is 19.2. The molecule has 3 aromatic heterocycles. The number of furan rings is 2. The van der Waals surface area contributed by atoms with Crippen molar-refractivity contribution in [1.82, 2.24) is 10.3 Å². The van der Waals surface area contributed by atoms with Crippen LogP contribution in [0.25, 0.3) is 10.8 Å². The fourth-order valence-electron chi connectivity index (χ4n) is 2.66. The van der Waals surface area contributed by atoms with Gasteiger partial charge in [-0.3, -0.25) is 4.79 Å². The predicted octanol–water partition coefficient (Wildman–Crippen LogP) is 4.64. The van der Waals surface area contributed by atoms with E-state index < -0.39 is 0 Å². The number of benzene rings is 1. The molecule has 0 saturated carbocycles. The lowest BCUT2D eigenvalue weighted by Gasteiger charge is -2.07. The number of amides is 1. The summed E-state index contributed by atoms with van der Waals surface area (Å²) in [6.45, 7) is 1.31. The zero-order valence-corrected chi connectivity index (χ0v) is 15.8. The Bertz CT molecular complexity index is 1020. The minimum atomic E-state index is -0.214. The Labute approximate surface area is 165 Å². The summed E-state index contributed by atoms with van der Waals surface area (Å²) in [7, 11) is 0. The highest BCUT2D eigenvalue weighted by Crippen LogP contribution is 2.23. The molecular formula is C21H18N2O4S. The standard InChI is InChI=1S/C21H18N2O4S/c24-20(18-14-28-21(23-18)19-7-3-9-27-19)22-11-15-4-1-5-16(10-15)12-25-13-17-6-2-8-26-17/h1-10,14H,11-13H2,(H,22,24). The number of aromatic nitrogens is 1. The summed E-state index contributed by atoms with van der Waals surface area (Å²) >= 11 is 1.38. The number of ether oxygens (including phenoxy) is 1. The van der Waals surface area contributed by atoms with Crippen LogP contribution in [0.1, 0.15) is 27.4 Å². The second-order valence-corrected chi connectivity index (χ2v) is 6.95. The third-order valence-electron chi connectivity index (χ3n) is 4.01. The maximum Gasteiger partial charge on any atom is 0.271 e. The first-order valence-electron chi connectivity index (χ1n) is 8.73. The molecule has 0 aliphatic carbocycles. The van der Waals surface area contributed by atoms with E-state index in [2.05, 4.69) is 10.3 Å². The third-order valence-corrected chi connectivity index (χ3v) is 4.86. The van der Waals surface area contributed by atoms with E-state index in [1.54, 1.807) is 24.0 Å². The summed E-state index contributed by atoms with van der Waals surface area (Å²) in [4.78, 5) is 16.7. The summed E-state index contributed by atoms with van der Waals surface area (Å²) in [5.74, 6) is 1.24. The third kappa shape index (κ3) is 4.57. The van der Waals surface area contributed by atoms with Crippen molar-refractivity contribution >= 4 is 17.2 Å². The molecule has 0 spiro atoms. The molecule has 0 fully saturated rings. The quantitative estimate of drug-likeness (QED) is 0.471. The SMILES string of the molecule is O=C(NCc1cccc(COCc2ccco2)c1)c1csc(-c2ccco2)n1. The van der Waals surface area contributed by atoms with E-state index in [1.165, 1.54) is 11.3 Å². The molecule has 0 unspecified atom stereocenters. The number of hydrogen-bond donors (Lipinski definition) is 1. The average molecular weight is 394 g/mol. The maximum atomic E-state index is 12.4. The number of hydrogen-bond acceptors (Lipinski definition) is 6. The molecule has 28 heavy (non-hydrogen) atoms.